The van der Waals surface area contributed by atoms with Gasteiger partial charge in [-0.15, -0.1) is 0 Å². The summed E-state index contributed by atoms with van der Waals surface area (Å²) in [4.78, 5) is 8.66. The van der Waals surface area contributed by atoms with Gasteiger partial charge in [-0.3, -0.25) is 4.99 Å². The summed E-state index contributed by atoms with van der Waals surface area (Å²) in [6, 6.07) is 4.02. The molecule has 1 heterocycles. The zero-order valence-corrected chi connectivity index (χ0v) is 14.9. The van der Waals surface area contributed by atoms with Crippen molar-refractivity contribution in [2.45, 2.75) is 71.1 Å². The highest BCUT2D eigenvalue weighted by molar-refractivity contribution is 5.80. The maximum atomic E-state index is 5.96. The number of hydrogen-bond acceptors (Lipinski definition) is 3. The maximum Gasteiger partial charge on any atom is 0.213 e. The second kappa shape index (κ2) is 8.18. The van der Waals surface area contributed by atoms with Crippen LogP contribution in [0.25, 0.3) is 0 Å². The molecule has 5 heteroatoms. The minimum atomic E-state index is -0.0161. The van der Waals surface area contributed by atoms with E-state index in [1.165, 1.54) is 19.3 Å². The molecule has 0 amide bonds. The van der Waals surface area contributed by atoms with Crippen LogP contribution in [0.2, 0.25) is 0 Å². The molecule has 2 rings (SSSR count). The molecule has 0 unspecified atom stereocenters. The van der Waals surface area contributed by atoms with Crippen LogP contribution in [0.5, 0.6) is 5.88 Å². The number of pyridine rings is 1. The summed E-state index contributed by atoms with van der Waals surface area (Å²) < 4.78 is 5.96. The third kappa shape index (κ3) is 6.47. The molecular weight excluding hydrogens is 288 g/mol. The molecule has 1 aliphatic rings. The van der Waals surface area contributed by atoms with E-state index in [-0.39, 0.29) is 5.54 Å². The van der Waals surface area contributed by atoms with Crippen molar-refractivity contribution in [2.24, 2.45) is 4.99 Å². The van der Waals surface area contributed by atoms with Crippen LogP contribution in [0.15, 0.2) is 23.3 Å². The highest BCUT2D eigenvalue weighted by Crippen LogP contribution is 2.22. The Morgan fingerprint density at radius 3 is 2.57 bits per heavy atom. The zero-order chi connectivity index (χ0) is 16.7. The quantitative estimate of drug-likeness (QED) is 0.661. The lowest BCUT2D eigenvalue weighted by atomic mass is 9.98. The van der Waals surface area contributed by atoms with Crippen LogP contribution >= 0.6 is 0 Å². The molecule has 0 spiro atoms. The molecule has 1 aliphatic carbocycles. The first-order valence-electron chi connectivity index (χ1n) is 8.57. The van der Waals surface area contributed by atoms with Crippen LogP contribution in [0.1, 0.15) is 58.4 Å². The normalized spacial score (nSPS) is 17.0. The molecule has 0 aliphatic heterocycles. The molecule has 1 aromatic heterocycles. The lowest BCUT2D eigenvalue weighted by molar-refractivity contribution is 0.148. The molecule has 1 saturated carbocycles. The Bertz CT molecular complexity index is 499. The Kier molecular flexibility index (Phi) is 6.25. The Balaban J connectivity index is 1.82. The minimum Gasteiger partial charge on any atom is -0.474 e. The van der Waals surface area contributed by atoms with Gasteiger partial charge in [0.05, 0.1) is 0 Å². The highest BCUT2D eigenvalue weighted by Gasteiger charge is 2.15. The van der Waals surface area contributed by atoms with Crippen molar-refractivity contribution in [2.75, 3.05) is 7.05 Å². The SMILES string of the molecule is CN=C(NCc1ccc(OC2CCCCC2)nc1)NC(C)(C)C. The van der Waals surface area contributed by atoms with Crippen LogP contribution < -0.4 is 15.4 Å². The lowest BCUT2D eigenvalue weighted by Crippen LogP contribution is -2.47. The van der Waals surface area contributed by atoms with E-state index in [0.717, 1.165) is 30.2 Å². The molecule has 0 bridgehead atoms. The largest absolute Gasteiger partial charge is 0.474 e. The van der Waals surface area contributed by atoms with E-state index in [1.807, 2.05) is 12.3 Å². The Morgan fingerprint density at radius 1 is 1.26 bits per heavy atom. The molecule has 2 N–H and O–H groups in total. The van der Waals surface area contributed by atoms with E-state index >= 15 is 0 Å². The molecular formula is C18H30N4O. The van der Waals surface area contributed by atoms with Crippen molar-refractivity contribution in [3.8, 4) is 5.88 Å². The van der Waals surface area contributed by atoms with E-state index in [9.17, 15) is 0 Å². The van der Waals surface area contributed by atoms with Crippen LogP contribution in [0, 0.1) is 0 Å². The molecule has 0 radical (unpaired) electrons. The van der Waals surface area contributed by atoms with Crippen LogP contribution in [0.3, 0.4) is 0 Å². The average Bonchev–Trinajstić information content (AvgIpc) is 2.53. The van der Waals surface area contributed by atoms with Gasteiger partial charge in [0, 0.05) is 31.4 Å². The van der Waals surface area contributed by atoms with Gasteiger partial charge in [-0.05, 0) is 52.0 Å². The molecule has 5 nitrogen and oxygen atoms in total. The first kappa shape index (κ1) is 17.6. The lowest BCUT2D eigenvalue weighted by Gasteiger charge is -2.24. The van der Waals surface area contributed by atoms with Crippen LogP contribution in [0.4, 0.5) is 0 Å². The fourth-order valence-corrected chi connectivity index (χ4v) is 2.66. The second-order valence-corrected chi connectivity index (χ2v) is 7.18. The van der Waals surface area contributed by atoms with Crippen molar-refractivity contribution >= 4 is 5.96 Å². The van der Waals surface area contributed by atoms with Gasteiger partial charge < -0.3 is 15.4 Å². The third-order valence-corrected chi connectivity index (χ3v) is 3.81. The number of ether oxygens (including phenoxy) is 1. The summed E-state index contributed by atoms with van der Waals surface area (Å²) in [5.74, 6) is 1.53. The maximum absolute atomic E-state index is 5.96. The summed E-state index contributed by atoms with van der Waals surface area (Å²) in [6.07, 6.45) is 8.39. The predicted octanol–water partition coefficient (Wildman–Crippen LogP) is 3.26. The second-order valence-electron chi connectivity index (χ2n) is 7.18. The van der Waals surface area contributed by atoms with Crippen molar-refractivity contribution < 1.29 is 4.74 Å². The van der Waals surface area contributed by atoms with E-state index in [0.29, 0.717) is 12.6 Å². The fraction of sp³-hybridized carbons (Fsp3) is 0.667. The van der Waals surface area contributed by atoms with Gasteiger partial charge in [0.1, 0.15) is 6.10 Å². The van der Waals surface area contributed by atoms with Gasteiger partial charge in [-0.25, -0.2) is 4.98 Å². The van der Waals surface area contributed by atoms with Gasteiger partial charge in [0.2, 0.25) is 5.88 Å². The van der Waals surface area contributed by atoms with Gasteiger partial charge in [0.25, 0.3) is 0 Å². The van der Waals surface area contributed by atoms with E-state index in [2.05, 4.69) is 47.4 Å². The molecule has 0 atom stereocenters. The third-order valence-electron chi connectivity index (χ3n) is 3.81. The van der Waals surface area contributed by atoms with Crippen molar-refractivity contribution in [1.29, 1.82) is 0 Å². The van der Waals surface area contributed by atoms with Gasteiger partial charge >= 0.3 is 0 Å². The molecule has 0 saturated heterocycles. The Morgan fingerprint density at radius 2 is 2.00 bits per heavy atom. The number of nitrogens with one attached hydrogen (secondary N) is 2. The number of guanidine groups is 1. The van der Waals surface area contributed by atoms with E-state index < -0.39 is 0 Å². The molecule has 0 aromatic carbocycles. The number of aromatic nitrogens is 1. The Labute approximate surface area is 139 Å². The summed E-state index contributed by atoms with van der Waals surface area (Å²) >= 11 is 0. The molecule has 1 fully saturated rings. The number of aliphatic imine (C=N–C) groups is 1. The van der Waals surface area contributed by atoms with Crippen molar-refractivity contribution in [3.63, 3.8) is 0 Å². The highest BCUT2D eigenvalue weighted by atomic mass is 16.5. The molecule has 1 aromatic rings. The van der Waals surface area contributed by atoms with Crippen molar-refractivity contribution in [3.05, 3.63) is 23.9 Å². The number of hydrogen-bond donors (Lipinski definition) is 2. The first-order chi connectivity index (χ1) is 11.0. The first-order valence-corrected chi connectivity index (χ1v) is 8.57. The topological polar surface area (TPSA) is 58.5 Å². The monoisotopic (exact) mass is 318 g/mol. The smallest absolute Gasteiger partial charge is 0.213 e. The average molecular weight is 318 g/mol. The summed E-state index contributed by atoms with van der Waals surface area (Å²) in [5, 5.41) is 6.64. The van der Waals surface area contributed by atoms with Crippen molar-refractivity contribution in [1.82, 2.24) is 15.6 Å². The summed E-state index contributed by atoms with van der Waals surface area (Å²) in [6.45, 7) is 7.02. The molecule has 23 heavy (non-hydrogen) atoms. The van der Waals surface area contributed by atoms with Gasteiger partial charge in [0.15, 0.2) is 5.96 Å². The Hall–Kier alpha value is -1.78. The summed E-state index contributed by atoms with van der Waals surface area (Å²) in [5.41, 5.74) is 1.09. The fourth-order valence-electron chi connectivity index (χ4n) is 2.66. The molecule has 128 valence electrons. The zero-order valence-electron chi connectivity index (χ0n) is 14.9. The minimum absolute atomic E-state index is 0.0161. The number of nitrogens with zero attached hydrogens (tertiary/aromatic N) is 2. The standard InChI is InChI=1S/C18H30N4O/c1-18(2,3)22-17(19-4)21-13-14-10-11-16(20-12-14)23-15-8-6-5-7-9-15/h10-12,15H,5-9,13H2,1-4H3,(H2,19,21,22). The van der Waals surface area contributed by atoms with Crippen LogP contribution in [-0.2, 0) is 6.54 Å². The summed E-state index contributed by atoms with van der Waals surface area (Å²) in [7, 11) is 1.78. The van der Waals surface area contributed by atoms with E-state index in [4.69, 9.17) is 4.74 Å². The van der Waals surface area contributed by atoms with E-state index in [1.54, 1.807) is 7.05 Å². The predicted molar refractivity (Wildman–Crippen MR) is 94.8 cm³/mol. The van der Waals surface area contributed by atoms with Gasteiger partial charge in [-0.2, -0.15) is 0 Å². The van der Waals surface area contributed by atoms with Crippen LogP contribution in [-0.4, -0.2) is 29.6 Å². The number of rotatable bonds is 4. The van der Waals surface area contributed by atoms with Gasteiger partial charge in [-0.1, -0.05) is 12.5 Å².